The van der Waals surface area contributed by atoms with Crippen LogP contribution in [0.25, 0.3) is 0 Å². The van der Waals surface area contributed by atoms with Crippen molar-refractivity contribution in [2.45, 2.75) is 32.9 Å². The Morgan fingerprint density at radius 2 is 2.24 bits per heavy atom. The lowest BCUT2D eigenvalue weighted by atomic mass is 10.1. The van der Waals surface area contributed by atoms with E-state index in [0.29, 0.717) is 6.42 Å². The molecule has 25 heavy (non-hydrogen) atoms. The number of nitrogens with zero attached hydrogens (tertiary/aromatic N) is 3. The minimum atomic E-state index is -0.437. The average Bonchev–Trinajstić information content (AvgIpc) is 3.19. The first kappa shape index (κ1) is 17.5. The second kappa shape index (κ2) is 7.71. The highest BCUT2D eigenvalue weighted by Gasteiger charge is 2.20. The van der Waals surface area contributed by atoms with Crippen LogP contribution >= 0.6 is 22.7 Å². The summed E-state index contributed by atoms with van der Waals surface area (Å²) in [7, 11) is 0. The third-order valence-electron chi connectivity index (χ3n) is 3.80. The Kier molecular flexibility index (Phi) is 5.40. The van der Waals surface area contributed by atoms with E-state index >= 15 is 0 Å². The minimum Gasteiger partial charge on any atom is -0.345 e. The molecule has 1 atom stereocenters. The monoisotopic (exact) mass is 374 g/mol. The molecule has 0 bridgehead atoms. The highest BCUT2D eigenvalue weighted by atomic mass is 32.1. The van der Waals surface area contributed by atoms with Crippen LogP contribution in [0.3, 0.4) is 0 Å². The van der Waals surface area contributed by atoms with Gasteiger partial charge in [0.15, 0.2) is 0 Å². The van der Waals surface area contributed by atoms with Gasteiger partial charge in [0.05, 0.1) is 11.7 Å². The fourth-order valence-electron chi connectivity index (χ4n) is 2.39. The fourth-order valence-corrected chi connectivity index (χ4v) is 4.05. The van der Waals surface area contributed by atoms with Crippen molar-refractivity contribution in [2.75, 3.05) is 0 Å². The van der Waals surface area contributed by atoms with Crippen molar-refractivity contribution in [2.24, 2.45) is 0 Å². The first-order chi connectivity index (χ1) is 12.0. The van der Waals surface area contributed by atoms with Crippen LogP contribution in [0.1, 0.15) is 27.2 Å². The number of thiazole rings is 1. The van der Waals surface area contributed by atoms with Gasteiger partial charge in [-0.2, -0.15) is 11.3 Å². The van der Waals surface area contributed by atoms with Crippen LogP contribution in [0.2, 0.25) is 0 Å². The maximum Gasteiger partial charge on any atom is 0.347 e. The molecular formula is C17H18N4O2S2. The highest BCUT2D eigenvalue weighted by Crippen LogP contribution is 2.26. The summed E-state index contributed by atoms with van der Waals surface area (Å²) in [6.45, 7) is 3.93. The summed E-state index contributed by atoms with van der Waals surface area (Å²) in [5.74, 6) is -0.235. The zero-order valence-electron chi connectivity index (χ0n) is 13.9. The van der Waals surface area contributed by atoms with E-state index < -0.39 is 5.69 Å². The predicted molar refractivity (Wildman–Crippen MR) is 99.0 cm³/mol. The third kappa shape index (κ3) is 4.40. The molecule has 3 heterocycles. The Morgan fingerprint density at radius 1 is 1.40 bits per heavy atom. The third-order valence-corrected chi connectivity index (χ3v) is 5.71. The van der Waals surface area contributed by atoms with Gasteiger partial charge in [0.1, 0.15) is 11.6 Å². The van der Waals surface area contributed by atoms with Gasteiger partial charge in [-0.1, -0.05) is 0 Å². The summed E-state index contributed by atoms with van der Waals surface area (Å²) < 4.78 is 1.29. The van der Waals surface area contributed by atoms with E-state index in [2.05, 4.69) is 20.7 Å². The SMILES string of the molecule is Cc1nc([C@@H](Cc2ccsc2)NC(=O)Cn2cccnc2=O)sc1C. The van der Waals surface area contributed by atoms with E-state index in [4.69, 9.17) is 0 Å². The van der Waals surface area contributed by atoms with Gasteiger partial charge in [0.25, 0.3) is 0 Å². The number of thiophene rings is 1. The molecule has 0 fully saturated rings. The van der Waals surface area contributed by atoms with Crippen molar-refractivity contribution in [1.82, 2.24) is 19.9 Å². The summed E-state index contributed by atoms with van der Waals surface area (Å²) in [4.78, 5) is 33.5. The van der Waals surface area contributed by atoms with E-state index in [-0.39, 0.29) is 18.5 Å². The number of carbonyl (C=O) groups excluding carboxylic acids is 1. The number of hydrogen-bond acceptors (Lipinski definition) is 6. The van der Waals surface area contributed by atoms with Gasteiger partial charge in [0.2, 0.25) is 5.91 Å². The minimum absolute atomic E-state index is 0.0594. The molecule has 0 radical (unpaired) electrons. The molecule has 0 aliphatic carbocycles. The van der Waals surface area contributed by atoms with Crippen LogP contribution < -0.4 is 11.0 Å². The Labute approximate surface area is 153 Å². The molecule has 0 aliphatic rings. The predicted octanol–water partition coefficient (Wildman–Crippen LogP) is 2.48. The number of aryl methyl sites for hydroxylation is 2. The highest BCUT2D eigenvalue weighted by molar-refractivity contribution is 7.11. The standard InChI is InChI=1S/C17H18N4O2S2/c1-11-12(2)25-16(19-11)14(8-13-4-7-24-10-13)20-15(22)9-21-6-3-5-18-17(21)23/h3-7,10,14H,8-9H2,1-2H3,(H,20,22)/t14-/m1/s1. The number of hydrogen-bond donors (Lipinski definition) is 1. The Hall–Kier alpha value is -2.32. The van der Waals surface area contributed by atoms with Crippen LogP contribution in [0.5, 0.6) is 0 Å². The smallest absolute Gasteiger partial charge is 0.345 e. The van der Waals surface area contributed by atoms with Gasteiger partial charge in [0, 0.05) is 23.7 Å². The molecule has 130 valence electrons. The van der Waals surface area contributed by atoms with E-state index in [9.17, 15) is 9.59 Å². The molecule has 0 aromatic carbocycles. The normalized spacial score (nSPS) is 12.1. The van der Waals surface area contributed by atoms with Crippen LogP contribution in [0.15, 0.2) is 40.1 Å². The molecule has 3 rings (SSSR count). The summed E-state index contributed by atoms with van der Waals surface area (Å²) in [5.41, 5.74) is 1.69. The van der Waals surface area contributed by atoms with Gasteiger partial charge in [-0.25, -0.2) is 14.8 Å². The molecule has 0 spiro atoms. The van der Waals surface area contributed by atoms with E-state index in [1.807, 2.05) is 25.3 Å². The lowest BCUT2D eigenvalue weighted by Crippen LogP contribution is -2.35. The number of aromatic nitrogens is 3. The molecule has 3 aromatic rings. The molecular weight excluding hydrogens is 356 g/mol. The Balaban J connectivity index is 1.78. The topological polar surface area (TPSA) is 76.9 Å². The average molecular weight is 374 g/mol. The first-order valence-electron chi connectivity index (χ1n) is 7.79. The Morgan fingerprint density at radius 3 is 2.88 bits per heavy atom. The van der Waals surface area contributed by atoms with Gasteiger partial charge in [-0.05, 0) is 42.3 Å². The van der Waals surface area contributed by atoms with Crippen LogP contribution in [-0.4, -0.2) is 20.4 Å². The lowest BCUT2D eigenvalue weighted by Gasteiger charge is -2.16. The fraction of sp³-hybridized carbons (Fsp3) is 0.294. The maximum absolute atomic E-state index is 12.4. The first-order valence-corrected chi connectivity index (χ1v) is 9.54. The zero-order valence-corrected chi connectivity index (χ0v) is 15.6. The molecule has 8 heteroatoms. The molecule has 1 N–H and O–H groups in total. The molecule has 0 saturated carbocycles. The second-order valence-electron chi connectivity index (χ2n) is 5.68. The zero-order chi connectivity index (χ0) is 17.8. The summed E-state index contributed by atoms with van der Waals surface area (Å²) in [6, 6.07) is 3.46. The number of rotatable bonds is 6. The Bertz CT molecular complexity index is 895. The lowest BCUT2D eigenvalue weighted by molar-refractivity contribution is -0.122. The molecule has 0 saturated heterocycles. The molecule has 6 nitrogen and oxygen atoms in total. The van der Waals surface area contributed by atoms with Crippen molar-refractivity contribution >= 4 is 28.6 Å². The summed E-state index contributed by atoms with van der Waals surface area (Å²) in [5, 5.41) is 7.98. The van der Waals surface area contributed by atoms with E-state index in [0.717, 1.165) is 21.1 Å². The van der Waals surface area contributed by atoms with Crippen molar-refractivity contribution in [3.8, 4) is 0 Å². The maximum atomic E-state index is 12.4. The number of nitrogens with one attached hydrogen (secondary N) is 1. The van der Waals surface area contributed by atoms with Crippen molar-refractivity contribution in [3.63, 3.8) is 0 Å². The summed E-state index contributed by atoms with van der Waals surface area (Å²) >= 11 is 3.22. The van der Waals surface area contributed by atoms with Crippen molar-refractivity contribution in [1.29, 1.82) is 0 Å². The van der Waals surface area contributed by atoms with Gasteiger partial charge >= 0.3 is 5.69 Å². The van der Waals surface area contributed by atoms with Crippen LogP contribution in [-0.2, 0) is 17.8 Å². The largest absolute Gasteiger partial charge is 0.347 e. The molecule has 1 amide bonds. The molecule has 0 unspecified atom stereocenters. The summed E-state index contributed by atoms with van der Waals surface area (Å²) in [6.07, 6.45) is 3.64. The molecule has 3 aromatic heterocycles. The second-order valence-corrected chi connectivity index (χ2v) is 7.69. The number of carbonyl (C=O) groups is 1. The van der Waals surface area contributed by atoms with Crippen LogP contribution in [0.4, 0.5) is 0 Å². The quantitative estimate of drug-likeness (QED) is 0.719. The number of amides is 1. The van der Waals surface area contributed by atoms with Gasteiger partial charge in [-0.3, -0.25) is 9.36 Å². The molecule has 0 aliphatic heterocycles. The van der Waals surface area contributed by atoms with Crippen molar-refractivity contribution in [3.05, 3.63) is 66.9 Å². The van der Waals surface area contributed by atoms with Gasteiger partial charge < -0.3 is 5.32 Å². The van der Waals surface area contributed by atoms with Crippen LogP contribution in [0, 0.1) is 13.8 Å². The van der Waals surface area contributed by atoms with Crippen molar-refractivity contribution < 1.29 is 4.79 Å². The van der Waals surface area contributed by atoms with Gasteiger partial charge in [-0.15, -0.1) is 11.3 Å². The van der Waals surface area contributed by atoms with E-state index in [1.165, 1.54) is 10.8 Å². The van der Waals surface area contributed by atoms with E-state index in [1.54, 1.807) is 34.9 Å².